The molecule has 0 radical (unpaired) electrons. The molecule has 0 saturated heterocycles. The van der Waals surface area contributed by atoms with Crippen molar-refractivity contribution in [3.05, 3.63) is 35.9 Å². The molecule has 0 saturated carbocycles. The SMILES string of the molecule is O=C(O)C(CO)N(O)Cc1ccccc1. The van der Waals surface area contributed by atoms with Gasteiger partial charge in [-0.1, -0.05) is 30.3 Å². The Morgan fingerprint density at radius 3 is 2.40 bits per heavy atom. The van der Waals surface area contributed by atoms with Crippen molar-refractivity contribution in [1.29, 1.82) is 0 Å². The molecule has 3 N–H and O–H groups in total. The van der Waals surface area contributed by atoms with E-state index in [1.807, 2.05) is 6.07 Å². The largest absolute Gasteiger partial charge is 0.480 e. The third kappa shape index (κ3) is 3.32. The minimum Gasteiger partial charge on any atom is -0.480 e. The van der Waals surface area contributed by atoms with Crippen LogP contribution >= 0.6 is 0 Å². The molecular weight excluding hydrogens is 198 g/mol. The highest BCUT2D eigenvalue weighted by atomic mass is 16.5. The number of nitrogens with zero attached hydrogens (tertiary/aromatic N) is 1. The van der Waals surface area contributed by atoms with E-state index in [1.165, 1.54) is 0 Å². The summed E-state index contributed by atoms with van der Waals surface area (Å²) in [6, 6.07) is 7.64. The zero-order valence-corrected chi connectivity index (χ0v) is 8.08. The number of rotatable bonds is 5. The number of carbonyl (C=O) groups is 1. The van der Waals surface area contributed by atoms with Crippen molar-refractivity contribution in [3.63, 3.8) is 0 Å². The summed E-state index contributed by atoms with van der Waals surface area (Å²) in [6.07, 6.45) is 0. The Hall–Kier alpha value is -1.43. The molecule has 1 unspecified atom stereocenters. The number of hydrogen-bond acceptors (Lipinski definition) is 4. The summed E-state index contributed by atoms with van der Waals surface area (Å²) in [5, 5.41) is 27.5. The number of carboxylic acids is 1. The van der Waals surface area contributed by atoms with E-state index < -0.39 is 18.6 Å². The lowest BCUT2D eigenvalue weighted by atomic mass is 10.2. The van der Waals surface area contributed by atoms with Crippen LogP contribution in [0, 0.1) is 0 Å². The monoisotopic (exact) mass is 211 g/mol. The van der Waals surface area contributed by atoms with E-state index in [0.29, 0.717) is 5.06 Å². The van der Waals surface area contributed by atoms with E-state index in [1.54, 1.807) is 24.3 Å². The third-order valence-electron chi connectivity index (χ3n) is 2.01. The maximum atomic E-state index is 10.6. The summed E-state index contributed by atoms with van der Waals surface area (Å²) in [7, 11) is 0. The lowest BCUT2D eigenvalue weighted by molar-refractivity contribution is -0.177. The predicted octanol–water partition coefficient (Wildman–Crippen LogP) is 0.323. The van der Waals surface area contributed by atoms with Crippen LogP contribution in [0.3, 0.4) is 0 Å². The summed E-state index contributed by atoms with van der Waals surface area (Å²) >= 11 is 0. The second kappa shape index (κ2) is 5.45. The van der Waals surface area contributed by atoms with E-state index in [2.05, 4.69) is 0 Å². The molecule has 0 bridgehead atoms. The summed E-state index contributed by atoms with van der Waals surface area (Å²) in [4.78, 5) is 10.6. The zero-order valence-electron chi connectivity index (χ0n) is 8.08. The van der Waals surface area contributed by atoms with Crippen LogP contribution in [0.15, 0.2) is 30.3 Å². The van der Waals surface area contributed by atoms with Gasteiger partial charge >= 0.3 is 5.97 Å². The minimum absolute atomic E-state index is 0.0678. The standard InChI is InChI=1S/C10H13NO4/c12-7-9(10(13)14)11(15)6-8-4-2-1-3-5-8/h1-5,9,12,15H,6-7H2,(H,13,14). The Bertz CT molecular complexity index is 314. The van der Waals surface area contributed by atoms with Gasteiger partial charge < -0.3 is 15.4 Å². The molecule has 0 amide bonds. The fraction of sp³-hybridized carbons (Fsp3) is 0.300. The molecule has 5 heteroatoms. The van der Waals surface area contributed by atoms with Crippen LogP contribution in [-0.2, 0) is 11.3 Å². The normalized spacial score (nSPS) is 12.7. The molecule has 15 heavy (non-hydrogen) atoms. The zero-order chi connectivity index (χ0) is 11.3. The van der Waals surface area contributed by atoms with Crippen LogP contribution < -0.4 is 0 Å². The maximum Gasteiger partial charge on any atom is 0.325 e. The number of aliphatic hydroxyl groups is 1. The average molecular weight is 211 g/mol. The number of hydroxylamine groups is 2. The highest BCUT2D eigenvalue weighted by Crippen LogP contribution is 2.05. The van der Waals surface area contributed by atoms with E-state index in [4.69, 9.17) is 10.2 Å². The van der Waals surface area contributed by atoms with Crippen LogP contribution in [0.1, 0.15) is 5.56 Å². The van der Waals surface area contributed by atoms with Gasteiger partial charge in [0.1, 0.15) is 0 Å². The van der Waals surface area contributed by atoms with E-state index in [0.717, 1.165) is 5.56 Å². The molecule has 5 nitrogen and oxygen atoms in total. The first-order valence-electron chi connectivity index (χ1n) is 4.48. The van der Waals surface area contributed by atoms with Crippen LogP contribution in [0.4, 0.5) is 0 Å². The van der Waals surface area contributed by atoms with Gasteiger partial charge in [0, 0.05) is 6.54 Å². The second-order valence-corrected chi connectivity index (χ2v) is 3.12. The van der Waals surface area contributed by atoms with Crippen molar-refractivity contribution in [2.45, 2.75) is 12.6 Å². The molecule has 1 aromatic carbocycles. The highest BCUT2D eigenvalue weighted by Gasteiger charge is 2.23. The van der Waals surface area contributed by atoms with Crippen LogP contribution in [0.25, 0.3) is 0 Å². The second-order valence-electron chi connectivity index (χ2n) is 3.12. The molecule has 82 valence electrons. The van der Waals surface area contributed by atoms with Crippen molar-refractivity contribution < 1.29 is 20.2 Å². The van der Waals surface area contributed by atoms with E-state index in [-0.39, 0.29) is 6.54 Å². The van der Waals surface area contributed by atoms with E-state index in [9.17, 15) is 10.0 Å². The minimum atomic E-state index is -1.29. The predicted molar refractivity (Wildman–Crippen MR) is 52.3 cm³/mol. The van der Waals surface area contributed by atoms with E-state index >= 15 is 0 Å². The van der Waals surface area contributed by atoms with Crippen molar-refractivity contribution in [3.8, 4) is 0 Å². The average Bonchev–Trinajstić information content (AvgIpc) is 2.19. The molecule has 0 fully saturated rings. The Morgan fingerprint density at radius 2 is 1.93 bits per heavy atom. The Labute approximate surface area is 87.1 Å². The van der Waals surface area contributed by atoms with Gasteiger partial charge in [-0.25, -0.2) is 0 Å². The van der Waals surface area contributed by atoms with Gasteiger partial charge in [0.2, 0.25) is 0 Å². The maximum absolute atomic E-state index is 10.6. The van der Waals surface area contributed by atoms with Crippen molar-refractivity contribution in [2.24, 2.45) is 0 Å². The first-order valence-corrected chi connectivity index (χ1v) is 4.48. The number of aliphatic hydroxyl groups excluding tert-OH is 1. The number of benzene rings is 1. The molecule has 1 rings (SSSR count). The van der Waals surface area contributed by atoms with Crippen LogP contribution in [0.5, 0.6) is 0 Å². The van der Waals surface area contributed by atoms with Crippen molar-refractivity contribution in [2.75, 3.05) is 6.61 Å². The van der Waals surface area contributed by atoms with Crippen molar-refractivity contribution in [1.82, 2.24) is 5.06 Å². The molecule has 0 spiro atoms. The molecule has 0 heterocycles. The Balaban J connectivity index is 2.62. The van der Waals surface area contributed by atoms with Gasteiger partial charge in [-0.2, -0.15) is 5.06 Å². The molecular formula is C10H13NO4. The molecule has 1 atom stereocenters. The molecule has 1 aromatic rings. The number of aliphatic carboxylic acids is 1. The summed E-state index contributed by atoms with van der Waals surface area (Å²) < 4.78 is 0. The third-order valence-corrected chi connectivity index (χ3v) is 2.01. The van der Waals surface area contributed by atoms with Crippen LogP contribution in [-0.4, -0.2) is 39.1 Å². The Kier molecular flexibility index (Phi) is 4.23. The lowest BCUT2D eigenvalue weighted by Crippen LogP contribution is -2.41. The summed E-state index contributed by atoms with van der Waals surface area (Å²) in [5.41, 5.74) is 0.778. The molecule has 0 aliphatic carbocycles. The molecule has 0 aliphatic heterocycles. The molecule has 0 aliphatic rings. The summed E-state index contributed by atoms with van der Waals surface area (Å²) in [5.74, 6) is -1.25. The fourth-order valence-corrected chi connectivity index (χ4v) is 1.18. The smallest absolute Gasteiger partial charge is 0.325 e. The quantitative estimate of drug-likeness (QED) is 0.611. The lowest BCUT2D eigenvalue weighted by Gasteiger charge is -2.20. The van der Waals surface area contributed by atoms with Gasteiger partial charge in [0.15, 0.2) is 6.04 Å². The van der Waals surface area contributed by atoms with Crippen LogP contribution in [0.2, 0.25) is 0 Å². The first kappa shape index (κ1) is 11.6. The Morgan fingerprint density at radius 1 is 1.33 bits per heavy atom. The van der Waals surface area contributed by atoms with Crippen molar-refractivity contribution >= 4 is 5.97 Å². The highest BCUT2D eigenvalue weighted by molar-refractivity contribution is 5.73. The number of carboxylic acid groups (broad SMARTS) is 1. The van der Waals surface area contributed by atoms with Gasteiger partial charge in [-0.15, -0.1) is 0 Å². The van der Waals surface area contributed by atoms with Gasteiger partial charge in [0.05, 0.1) is 6.61 Å². The summed E-state index contributed by atoms with van der Waals surface area (Å²) in [6.45, 7) is -0.558. The van der Waals surface area contributed by atoms with Gasteiger partial charge in [0.25, 0.3) is 0 Å². The van der Waals surface area contributed by atoms with Gasteiger partial charge in [-0.05, 0) is 5.56 Å². The topological polar surface area (TPSA) is 81.0 Å². The fourth-order valence-electron chi connectivity index (χ4n) is 1.18. The van der Waals surface area contributed by atoms with Gasteiger partial charge in [-0.3, -0.25) is 4.79 Å². The molecule has 0 aromatic heterocycles. The number of hydrogen-bond donors (Lipinski definition) is 3. The first-order chi connectivity index (χ1) is 7.15.